The van der Waals surface area contributed by atoms with Crippen molar-refractivity contribution in [3.63, 3.8) is 0 Å². The third-order valence-corrected chi connectivity index (χ3v) is 5.02. The minimum absolute atomic E-state index is 0.115. The van der Waals surface area contributed by atoms with Crippen LogP contribution in [0, 0.1) is 11.8 Å². The maximum absolute atomic E-state index is 12.4. The van der Waals surface area contributed by atoms with Crippen LogP contribution < -0.4 is 5.73 Å². The monoisotopic (exact) mass is 267 g/mol. The first-order valence-electron chi connectivity index (χ1n) is 8.03. The van der Waals surface area contributed by atoms with Gasteiger partial charge in [-0.1, -0.05) is 39.5 Å². The van der Waals surface area contributed by atoms with Crippen LogP contribution in [0.5, 0.6) is 0 Å². The number of rotatable bonds is 3. The normalized spacial score (nSPS) is 39.8. The van der Waals surface area contributed by atoms with E-state index in [9.17, 15) is 4.79 Å². The molecule has 0 aromatic rings. The van der Waals surface area contributed by atoms with Crippen LogP contribution in [0.3, 0.4) is 0 Å². The molecule has 0 aliphatic heterocycles. The van der Waals surface area contributed by atoms with Gasteiger partial charge in [0.05, 0.1) is 0 Å². The van der Waals surface area contributed by atoms with Crippen molar-refractivity contribution >= 4 is 5.97 Å². The lowest BCUT2D eigenvalue weighted by molar-refractivity contribution is -0.160. The van der Waals surface area contributed by atoms with Gasteiger partial charge < -0.3 is 10.5 Å². The molecule has 3 nitrogen and oxygen atoms in total. The lowest BCUT2D eigenvalue weighted by atomic mass is 9.77. The highest BCUT2D eigenvalue weighted by atomic mass is 16.5. The molecule has 3 heteroatoms. The Kier molecular flexibility index (Phi) is 4.88. The lowest BCUT2D eigenvalue weighted by Crippen LogP contribution is -2.53. The molecule has 4 unspecified atom stereocenters. The molecule has 0 aromatic carbocycles. The SMILES string of the molecule is CCC1CCCC(OC(=O)C2(N)CCCC(C)C2)C1. The molecule has 2 N–H and O–H groups in total. The maximum atomic E-state index is 12.4. The van der Waals surface area contributed by atoms with Gasteiger partial charge in [0.1, 0.15) is 11.6 Å². The first-order chi connectivity index (χ1) is 9.03. The standard InChI is InChI=1S/C16H29NO2/c1-3-13-7-4-8-14(10-13)19-15(18)16(17)9-5-6-12(2)11-16/h12-14H,3-11,17H2,1-2H3. The van der Waals surface area contributed by atoms with Gasteiger partial charge in [0.2, 0.25) is 0 Å². The highest BCUT2D eigenvalue weighted by Crippen LogP contribution is 2.34. The van der Waals surface area contributed by atoms with Gasteiger partial charge in [-0.25, -0.2) is 0 Å². The fraction of sp³-hybridized carbons (Fsp3) is 0.938. The fourth-order valence-corrected chi connectivity index (χ4v) is 3.77. The van der Waals surface area contributed by atoms with E-state index in [1.807, 2.05) is 0 Å². The first-order valence-corrected chi connectivity index (χ1v) is 8.03. The minimum Gasteiger partial charge on any atom is -0.461 e. The number of nitrogens with two attached hydrogens (primary N) is 1. The van der Waals surface area contributed by atoms with E-state index < -0.39 is 5.54 Å². The van der Waals surface area contributed by atoms with E-state index >= 15 is 0 Å². The quantitative estimate of drug-likeness (QED) is 0.797. The van der Waals surface area contributed by atoms with Crippen LogP contribution in [-0.4, -0.2) is 17.6 Å². The van der Waals surface area contributed by atoms with Crippen LogP contribution >= 0.6 is 0 Å². The van der Waals surface area contributed by atoms with Crippen molar-refractivity contribution in [3.05, 3.63) is 0 Å². The van der Waals surface area contributed by atoms with E-state index in [-0.39, 0.29) is 12.1 Å². The van der Waals surface area contributed by atoms with E-state index in [1.165, 1.54) is 25.7 Å². The number of carbonyl (C=O) groups excluding carboxylic acids is 1. The third kappa shape index (κ3) is 3.71. The number of hydrogen-bond acceptors (Lipinski definition) is 3. The largest absolute Gasteiger partial charge is 0.461 e. The molecule has 4 atom stereocenters. The van der Waals surface area contributed by atoms with E-state index in [4.69, 9.17) is 10.5 Å². The van der Waals surface area contributed by atoms with Crippen LogP contribution in [0.25, 0.3) is 0 Å². The molecule has 0 bridgehead atoms. The van der Waals surface area contributed by atoms with E-state index in [2.05, 4.69) is 13.8 Å². The summed E-state index contributed by atoms with van der Waals surface area (Å²) in [5.41, 5.74) is 5.59. The van der Waals surface area contributed by atoms with Gasteiger partial charge in [0.25, 0.3) is 0 Å². The molecule has 0 amide bonds. The summed E-state index contributed by atoms with van der Waals surface area (Å²) in [6.45, 7) is 4.41. The summed E-state index contributed by atoms with van der Waals surface area (Å²) in [5, 5.41) is 0. The zero-order valence-electron chi connectivity index (χ0n) is 12.5. The summed E-state index contributed by atoms with van der Waals surface area (Å²) in [4.78, 5) is 12.4. The topological polar surface area (TPSA) is 52.3 Å². The van der Waals surface area contributed by atoms with Gasteiger partial charge in [0.15, 0.2) is 0 Å². The van der Waals surface area contributed by atoms with Crippen molar-refractivity contribution in [2.45, 2.75) is 83.3 Å². The summed E-state index contributed by atoms with van der Waals surface area (Å²) in [5.74, 6) is 1.13. The molecule has 2 fully saturated rings. The molecule has 0 heterocycles. The Hall–Kier alpha value is -0.570. The molecule has 19 heavy (non-hydrogen) atoms. The van der Waals surface area contributed by atoms with Crippen molar-refractivity contribution in [2.75, 3.05) is 0 Å². The van der Waals surface area contributed by atoms with E-state index in [0.29, 0.717) is 5.92 Å². The summed E-state index contributed by atoms with van der Waals surface area (Å²) < 4.78 is 5.75. The predicted octanol–water partition coefficient (Wildman–Crippen LogP) is 3.41. The Morgan fingerprint density at radius 3 is 2.79 bits per heavy atom. The Bertz CT molecular complexity index is 318. The summed E-state index contributed by atoms with van der Waals surface area (Å²) in [7, 11) is 0. The van der Waals surface area contributed by atoms with Gasteiger partial charge in [-0.3, -0.25) is 4.79 Å². The maximum Gasteiger partial charge on any atom is 0.326 e. The second-order valence-electron chi connectivity index (χ2n) is 6.83. The predicted molar refractivity (Wildman–Crippen MR) is 76.7 cm³/mol. The average Bonchev–Trinajstić information content (AvgIpc) is 2.38. The molecule has 0 radical (unpaired) electrons. The molecular formula is C16H29NO2. The van der Waals surface area contributed by atoms with Crippen LogP contribution in [0.1, 0.15) is 71.6 Å². The molecule has 0 saturated heterocycles. The van der Waals surface area contributed by atoms with Crippen molar-refractivity contribution in [2.24, 2.45) is 17.6 Å². The van der Waals surface area contributed by atoms with Crippen LogP contribution in [0.4, 0.5) is 0 Å². The molecule has 2 rings (SSSR count). The second-order valence-corrected chi connectivity index (χ2v) is 6.83. The van der Waals surface area contributed by atoms with Gasteiger partial charge in [-0.05, 0) is 43.9 Å². The minimum atomic E-state index is -0.711. The van der Waals surface area contributed by atoms with Crippen LogP contribution in [0.2, 0.25) is 0 Å². The molecule has 0 spiro atoms. The number of ether oxygens (including phenoxy) is 1. The van der Waals surface area contributed by atoms with Crippen LogP contribution in [0.15, 0.2) is 0 Å². The zero-order chi connectivity index (χ0) is 13.9. The molecule has 2 aliphatic carbocycles. The fourth-order valence-electron chi connectivity index (χ4n) is 3.77. The Labute approximate surface area is 117 Å². The van der Waals surface area contributed by atoms with E-state index in [0.717, 1.165) is 38.0 Å². The molecule has 0 aromatic heterocycles. The Morgan fingerprint density at radius 1 is 1.32 bits per heavy atom. The third-order valence-electron chi connectivity index (χ3n) is 5.02. The van der Waals surface area contributed by atoms with Crippen molar-refractivity contribution in [3.8, 4) is 0 Å². The van der Waals surface area contributed by atoms with Gasteiger partial charge in [-0.2, -0.15) is 0 Å². The zero-order valence-corrected chi connectivity index (χ0v) is 12.5. The Balaban J connectivity index is 1.89. The lowest BCUT2D eigenvalue weighted by Gasteiger charge is -2.37. The number of carbonyl (C=O) groups is 1. The summed E-state index contributed by atoms with van der Waals surface area (Å²) in [6, 6.07) is 0. The van der Waals surface area contributed by atoms with Crippen molar-refractivity contribution in [1.29, 1.82) is 0 Å². The number of hydrogen-bond donors (Lipinski definition) is 1. The molecular weight excluding hydrogens is 238 g/mol. The first kappa shape index (κ1) is 14.8. The average molecular weight is 267 g/mol. The smallest absolute Gasteiger partial charge is 0.326 e. The molecule has 110 valence electrons. The van der Waals surface area contributed by atoms with Crippen molar-refractivity contribution < 1.29 is 9.53 Å². The van der Waals surface area contributed by atoms with Gasteiger partial charge in [-0.15, -0.1) is 0 Å². The Morgan fingerprint density at radius 2 is 2.11 bits per heavy atom. The highest BCUT2D eigenvalue weighted by molar-refractivity contribution is 5.80. The number of esters is 1. The van der Waals surface area contributed by atoms with E-state index in [1.54, 1.807) is 0 Å². The van der Waals surface area contributed by atoms with Gasteiger partial charge >= 0.3 is 5.97 Å². The second kappa shape index (κ2) is 6.25. The van der Waals surface area contributed by atoms with Crippen molar-refractivity contribution in [1.82, 2.24) is 0 Å². The molecule has 2 saturated carbocycles. The van der Waals surface area contributed by atoms with Gasteiger partial charge in [0, 0.05) is 0 Å². The van der Waals surface area contributed by atoms with Crippen LogP contribution in [-0.2, 0) is 9.53 Å². The molecule has 2 aliphatic rings. The highest BCUT2D eigenvalue weighted by Gasteiger charge is 2.40. The summed E-state index contributed by atoms with van der Waals surface area (Å²) >= 11 is 0. The summed E-state index contributed by atoms with van der Waals surface area (Å²) in [6.07, 6.45) is 9.66.